The highest BCUT2D eigenvalue weighted by atomic mass is 16.6. The zero-order chi connectivity index (χ0) is 14.0. The molecule has 0 bridgehead atoms. The van der Waals surface area contributed by atoms with Gasteiger partial charge in [-0.3, -0.25) is 4.79 Å². The summed E-state index contributed by atoms with van der Waals surface area (Å²) in [7, 11) is 3.24. The molecule has 0 fully saturated rings. The van der Waals surface area contributed by atoms with E-state index in [1.54, 1.807) is 26.2 Å². The molecule has 2 rings (SSSR count). The SMILES string of the molecule is Cc1ccc(C(=O)N(C)Cc2c([O-])on[n+]2C)cc1. The summed E-state index contributed by atoms with van der Waals surface area (Å²) in [6.07, 6.45) is 0. The van der Waals surface area contributed by atoms with Crippen LogP contribution in [0.2, 0.25) is 0 Å². The Morgan fingerprint density at radius 1 is 1.42 bits per heavy atom. The average Bonchev–Trinajstić information content (AvgIpc) is 2.70. The summed E-state index contributed by atoms with van der Waals surface area (Å²) in [5.41, 5.74) is 2.01. The van der Waals surface area contributed by atoms with Crippen molar-refractivity contribution in [2.24, 2.45) is 7.05 Å². The minimum absolute atomic E-state index is 0.152. The molecule has 0 unspecified atom stereocenters. The Bertz CT molecular complexity index is 570. The summed E-state index contributed by atoms with van der Waals surface area (Å²) in [6, 6.07) is 7.28. The van der Waals surface area contributed by atoms with Crippen molar-refractivity contribution in [3.05, 3.63) is 41.1 Å². The maximum Gasteiger partial charge on any atom is 0.254 e. The number of hydrogen-bond acceptors (Lipinski definition) is 4. The van der Waals surface area contributed by atoms with Crippen LogP contribution >= 0.6 is 0 Å². The predicted octanol–water partition coefficient (Wildman–Crippen LogP) is 0.153. The Morgan fingerprint density at radius 3 is 2.58 bits per heavy atom. The van der Waals surface area contributed by atoms with Gasteiger partial charge in [-0.25, -0.2) is 0 Å². The van der Waals surface area contributed by atoms with Crippen LogP contribution in [0.25, 0.3) is 0 Å². The second-order valence-electron chi connectivity index (χ2n) is 4.46. The standard InChI is InChI=1S/C13H15N3O3/c1-9-4-6-10(7-5-9)12(17)15(2)8-11-13(18)19-14-16(11)3/h4-7H,8H2,1-3H3. The molecular weight excluding hydrogens is 246 g/mol. The molecule has 1 heterocycles. The van der Waals surface area contributed by atoms with Gasteiger partial charge in [-0.1, -0.05) is 22.4 Å². The maximum atomic E-state index is 12.2. The number of benzene rings is 1. The molecule has 0 radical (unpaired) electrons. The normalized spacial score (nSPS) is 10.5. The van der Waals surface area contributed by atoms with Crippen LogP contribution in [0, 0.1) is 6.92 Å². The van der Waals surface area contributed by atoms with Crippen molar-refractivity contribution in [1.29, 1.82) is 0 Å². The molecule has 1 aromatic heterocycles. The molecule has 0 spiro atoms. The highest BCUT2D eigenvalue weighted by molar-refractivity contribution is 5.94. The first-order chi connectivity index (χ1) is 8.99. The minimum Gasteiger partial charge on any atom is -0.539 e. The molecule has 0 aliphatic rings. The molecule has 0 atom stereocenters. The summed E-state index contributed by atoms with van der Waals surface area (Å²) >= 11 is 0. The van der Waals surface area contributed by atoms with Crippen molar-refractivity contribution in [1.82, 2.24) is 10.2 Å². The molecule has 100 valence electrons. The highest BCUT2D eigenvalue weighted by Crippen LogP contribution is 2.12. The van der Waals surface area contributed by atoms with E-state index >= 15 is 0 Å². The number of aryl methyl sites for hydroxylation is 2. The Balaban J connectivity index is 2.14. The first-order valence-corrected chi connectivity index (χ1v) is 5.83. The zero-order valence-corrected chi connectivity index (χ0v) is 11.1. The second-order valence-corrected chi connectivity index (χ2v) is 4.46. The van der Waals surface area contributed by atoms with Crippen LogP contribution in [-0.2, 0) is 13.6 Å². The summed E-state index contributed by atoms with van der Waals surface area (Å²) in [5.74, 6) is -0.674. The molecule has 1 amide bonds. The molecule has 1 aromatic carbocycles. The van der Waals surface area contributed by atoms with Gasteiger partial charge in [0.25, 0.3) is 11.6 Å². The van der Waals surface area contributed by atoms with Crippen molar-refractivity contribution >= 4 is 5.91 Å². The molecule has 0 aliphatic carbocycles. The summed E-state index contributed by atoms with van der Waals surface area (Å²) in [6.45, 7) is 2.12. The Kier molecular flexibility index (Phi) is 3.50. The van der Waals surface area contributed by atoms with Gasteiger partial charge in [-0.15, -0.1) is 0 Å². The Morgan fingerprint density at radius 2 is 2.05 bits per heavy atom. The predicted molar refractivity (Wildman–Crippen MR) is 64.1 cm³/mol. The van der Waals surface area contributed by atoms with Crippen LogP contribution < -0.4 is 9.79 Å². The van der Waals surface area contributed by atoms with E-state index in [4.69, 9.17) is 0 Å². The van der Waals surface area contributed by atoms with Crippen LogP contribution in [0.15, 0.2) is 28.8 Å². The van der Waals surface area contributed by atoms with Gasteiger partial charge in [0.2, 0.25) is 0 Å². The van der Waals surface area contributed by atoms with E-state index in [1.165, 1.54) is 9.58 Å². The Hall–Kier alpha value is -2.37. The van der Waals surface area contributed by atoms with Crippen molar-refractivity contribution in [3.63, 3.8) is 0 Å². The summed E-state index contributed by atoms with van der Waals surface area (Å²) in [5, 5.41) is 14.9. The molecule has 19 heavy (non-hydrogen) atoms. The number of hydrogen-bond donors (Lipinski definition) is 0. The first kappa shape index (κ1) is 13.1. The fourth-order valence-electron chi connectivity index (χ4n) is 1.71. The number of nitrogens with zero attached hydrogens (tertiary/aromatic N) is 3. The van der Waals surface area contributed by atoms with E-state index in [0.717, 1.165) is 5.56 Å². The molecule has 6 heteroatoms. The van der Waals surface area contributed by atoms with E-state index in [-0.39, 0.29) is 12.5 Å². The lowest BCUT2D eigenvalue weighted by atomic mass is 10.1. The second kappa shape index (κ2) is 5.09. The average molecular weight is 261 g/mol. The van der Waals surface area contributed by atoms with Crippen molar-refractivity contribution in [2.75, 3.05) is 7.05 Å². The van der Waals surface area contributed by atoms with Gasteiger partial charge in [0.05, 0.1) is 5.27 Å². The molecular formula is C13H15N3O3. The maximum absolute atomic E-state index is 12.2. The van der Waals surface area contributed by atoms with Gasteiger partial charge in [0.1, 0.15) is 6.54 Å². The van der Waals surface area contributed by atoms with Gasteiger partial charge >= 0.3 is 0 Å². The molecule has 0 saturated carbocycles. The summed E-state index contributed by atoms with van der Waals surface area (Å²) < 4.78 is 5.85. The van der Waals surface area contributed by atoms with Crippen LogP contribution in [0.5, 0.6) is 5.95 Å². The zero-order valence-electron chi connectivity index (χ0n) is 11.1. The first-order valence-electron chi connectivity index (χ1n) is 5.83. The lowest BCUT2D eigenvalue weighted by Crippen LogP contribution is -2.38. The van der Waals surface area contributed by atoms with E-state index in [0.29, 0.717) is 11.3 Å². The smallest absolute Gasteiger partial charge is 0.254 e. The third-order valence-corrected chi connectivity index (χ3v) is 2.90. The molecule has 0 aliphatic heterocycles. The van der Waals surface area contributed by atoms with E-state index in [1.807, 2.05) is 19.1 Å². The van der Waals surface area contributed by atoms with Gasteiger partial charge in [0, 0.05) is 12.6 Å². The quantitative estimate of drug-likeness (QED) is 0.737. The van der Waals surface area contributed by atoms with E-state index in [2.05, 4.69) is 9.79 Å². The largest absolute Gasteiger partial charge is 0.539 e. The number of rotatable bonds is 3. The number of amides is 1. The Labute approximate surface area is 110 Å². The van der Waals surface area contributed by atoms with Crippen LogP contribution in [-0.4, -0.2) is 23.1 Å². The number of carbonyl (C=O) groups excluding carboxylic acids is 1. The monoisotopic (exact) mass is 261 g/mol. The fourth-order valence-corrected chi connectivity index (χ4v) is 1.71. The summed E-state index contributed by atoms with van der Waals surface area (Å²) in [4.78, 5) is 13.6. The lowest BCUT2D eigenvalue weighted by Gasteiger charge is -2.15. The third kappa shape index (κ3) is 2.73. The molecule has 0 N–H and O–H groups in total. The van der Waals surface area contributed by atoms with Crippen LogP contribution in [0.1, 0.15) is 21.6 Å². The van der Waals surface area contributed by atoms with Crippen LogP contribution in [0.3, 0.4) is 0 Å². The van der Waals surface area contributed by atoms with Crippen molar-refractivity contribution in [2.45, 2.75) is 13.5 Å². The van der Waals surface area contributed by atoms with Crippen molar-refractivity contribution in [3.8, 4) is 5.95 Å². The van der Waals surface area contributed by atoms with Gasteiger partial charge in [0.15, 0.2) is 13.0 Å². The minimum atomic E-state index is -0.522. The highest BCUT2D eigenvalue weighted by Gasteiger charge is 2.19. The van der Waals surface area contributed by atoms with Gasteiger partial charge in [-0.2, -0.15) is 0 Å². The molecule has 6 nitrogen and oxygen atoms in total. The van der Waals surface area contributed by atoms with Gasteiger partial charge < -0.3 is 14.5 Å². The van der Waals surface area contributed by atoms with Crippen molar-refractivity contribution < 1.29 is 19.1 Å². The fraction of sp³-hybridized carbons (Fsp3) is 0.308. The number of carbonyl (C=O) groups is 1. The van der Waals surface area contributed by atoms with E-state index in [9.17, 15) is 9.90 Å². The van der Waals surface area contributed by atoms with Gasteiger partial charge in [-0.05, 0) is 19.1 Å². The molecule has 0 saturated heterocycles. The molecule has 2 aromatic rings. The number of aromatic nitrogens is 2. The third-order valence-electron chi connectivity index (χ3n) is 2.90. The topological polar surface area (TPSA) is 73.3 Å². The van der Waals surface area contributed by atoms with Crippen LogP contribution in [0.4, 0.5) is 0 Å². The van der Waals surface area contributed by atoms with E-state index < -0.39 is 5.95 Å². The lowest BCUT2D eigenvalue weighted by molar-refractivity contribution is -0.746.